The number of rotatable bonds is 22. The standard InChI is InChI=1S/C47H36N2.2C45H34N2/c1-48(43-25-16-38(17-26-43)35-10-4-2-5-11-35)44-27-18-40(19-28-44)41-22-31-46(32-23-41)49(47-33-24-37-14-8-9-15-42(37)34-47)45-29-20-39(21-30-45)36-12-6-3-7-13-36;1-46(44-29-21-34-11-5-7-13-39(34)31-44)41-23-15-37(16-24-41)38-19-27-43(28-20-38)47(45-30-22-35-12-6-8-14-40(35)32-45)42-25-17-36(18-26-42)33-9-3-2-4-10-33;1-46(45-17-9-15-38-13-7-8-16-44(38)45)40-25-18-36(19-26-40)37-22-29-42(30-23-37)47(43-31-24-34-12-5-6-14-39(34)32-43)41-27-20-35(21-28-41)33-10-3-2-4-11-33/h2-34H,1H3;2*2-32H,1H3. The van der Waals surface area contributed by atoms with Crippen LogP contribution >= 0.6 is 0 Å². The zero-order valence-electron chi connectivity index (χ0n) is 80.0. The summed E-state index contributed by atoms with van der Waals surface area (Å²) in [5.74, 6) is 0. The molecule has 0 heterocycles. The molecule has 0 radical (unpaired) electrons. The predicted octanol–water partition coefficient (Wildman–Crippen LogP) is 38.2. The van der Waals surface area contributed by atoms with Gasteiger partial charge in [0.05, 0.1) is 0 Å². The molecule has 6 heteroatoms. The first kappa shape index (κ1) is 89.6. The molecular weight excluding hydrogens is 1730 g/mol. The molecule has 0 saturated carbocycles. The summed E-state index contributed by atoms with van der Waals surface area (Å²) in [5.41, 5.74) is 33.9. The third kappa shape index (κ3) is 19.9. The maximum absolute atomic E-state index is 2.34. The summed E-state index contributed by atoms with van der Waals surface area (Å²) in [7, 11) is 6.39. The summed E-state index contributed by atoms with van der Waals surface area (Å²) in [5, 5.41) is 12.4. The number of nitrogens with zero attached hydrogens (tertiary/aromatic N) is 6. The van der Waals surface area contributed by atoms with Crippen molar-refractivity contribution < 1.29 is 0 Å². The van der Waals surface area contributed by atoms with Crippen LogP contribution in [0.25, 0.3) is 132 Å². The number of fused-ring (bicyclic) bond motifs is 5. The third-order valence-electron chi connectivity index (χ3n) is 27.4. The van der Waals surface area contributed by atoms with Gasteiger partial charge < -0.3 is 29.4 Å². The fraction of sp³-hybridized carbons (Fsp3) is 0.0219. The van der Waals surface area contributed by atoms with E-state index < -0.39 is 0 Å². The zero-order chi connectivity index (χ0) is 96.2. The Balaban J connectivity index is 0.000000123. The van der Waals surface area contributed by atoms with E-state index in [9.17, 15) is 0 Å². The molecule has 0 aliphatic heterocycles. The Bertz CT molecular complexity index is 8450. The first-order valence-corrected chi connectivity index (χ1v) is 48.9. The fourth-order valence-corrected chi connectivity index (χ4v) is 19.5. The van der Waals surface area contributed by atoms with E-state index in [0.717, 1.165) is 73.9 Å². The van der Waals surface area contributed by atoms with Crippen molar-refractivity contribution in [2.24, 2.45) is 0 Å². The molecule has 0 saturated heterocycles. The molecule has 0 unspecified atom stereocenters. The first-order valence-electron chi connectivity index (χ1n) is 48.9. The minimum atomic E-state index is 1.11. The summed E-state index contributed by atoms with van der Waals surface area (Å²) in [6.45, 7) is 0. The van der Waals surface area contributed by atoms with Crippen molar-refractivity contribution in [1.82, 2.24) is 0 Å². The Morgan fingerprint density at radius 2 is 0.273 bits per heavy atom. The topological polar surface area (TPSA) is 19.4 Å². The SMILES string of the molecule is CN(c1ccc(-c2ccc(N(c3ccc(-c4ccccc4)cc3)c3ccc4ccccc4c3)cc2)cc1)c1ccc2ccccc2c1.CN(c1ccc(-c2ccc(N(c3ccc(-c4ccccc4)cc3)c3ccc4ccccc4c3)cc2)cc1)c1cccc2ccccc12.CN(c1ccc(-c2ccccc2)cc1)c1ccc(-c2ccc(N(c3ccc(-c4ccccc4)cc3)c3ccc4ccccc4c3)cc2)cc1. The van der Waals surface area contributed by atoms with Crippen LogP contribution in [-0.2, 0) is 0 Å². The van der Waals surface area contributed by atoms with Gasteiger partial charge in [-0.15, -0.1) is 0 Å². The van der Waals surface area contributed by atoms with Crippen molar-refractivity contribution in [3.05, 3.63) is 576 Å². The second-order valence-electron chi connectivity index (χ2n) is 36.2. The lowest BCUT2D eigenvalue weighted by Crippen LogP contribution is -2.10. The second-order valence-corrected chi connectivity index (χ2v) is 36.2. The lowest BCUT2D eigenvalue weighted by atomic mass is 10.0. The van der Waals surface area contributed by atoms with Gasteiger partial charge in [-0.2, -0.15) is 0 Å². The van der Waals surface area contributed by atoms with Crippen molar-refractivity contribution in [2.45, 2.75) is 0 Å². The molecule has 6 nitrogen and oxygen atoms in total. The molecule has 0 bridgehead atoms. The molecule has 682 valence electrons. The van der Waals surface area contributed by atoms with E-state index in [4.69, 9.17) is 0 Å². The molecule has 143 heavy (non-hydrogen) atoms. The maximum atomic E-state index is 2.34. The number of hydrogen-bond donors (Lipinski definition) is 0. The first-order chi connectivity index (χ1) is 70.6. The number of anilines is 15. The highest BCUT2D eigenvalue weighted by molar-refractivity contribution is 5.98. The van der Waals surface area contributed by atoms with E-state index in [0.29, 0.717) is 0 Å². The van der Waals surface area contributed by atoms with Gasteiger partial charge in [0.25, 0.3) is 0 Å². The van der Waals surface area contributed by atoms with Crippen LogP contribution < -0.4 is 29.4 Å². The highest BCUT2D eigenvalue weighted by Crippen LogP contribution is 2.45. The number of benzene rings is 24. The molecular formula is C137H104N6. The van der Waals surface area contributed by atoms with Crippen molar-refractivity contribution in [3.8, 4) is 77.9 Å². The quantitative estimate of drug-likeness (QED) is 0.0669. The molecule has 24 rings (SSSR count). The Labute approximate surface area is 838 Å². The molecule has 0 atom stereocenters. The summed E-state index contributed by atoms with van der Waals surface area (Å²) in [6.07, 6.45) is 0. The van der Waals surface area contributed by atoms with E-state index in [1.54, 1.807) is 0 Å². The van der Waals surface area contributed by atoms with Crippen molar-refractivity contribution >= 4 is 139 Å². The molecule has 0 aromatic heterocycles. The predicted molar refractivity (Wildman–Crippen MR) is 612 cm³/mol. The maximum Gasteiger partial charge on any atom is 0.0487 e. The summed E-state index contributed by atoms with van der Waals surface area (Å²) in [4.78, 5) is 13.8. The second kappa shape index (κ2) is 41.4. The molecule has 24 aromatic rings. The van der Waals surface area contributed by atoms with Gasteiger partial charge in [0.2, 0.25) is 0 Å². The van der Waals surface area contributed by atoms with Gasteiger partial charge in [-0.1, -0.05) is 400 Å². The normalized spacial score (nSPS) is 11.0. The Morgan fingerprint density at radius 3 is 0.524 bits per heavy atom. The zero-order valence-corrected chi connectivity index (χ0v) is 80.0. The minimum Gasteiger partial charge on any atom is -0.345 e. The Morgan fingerprint density at radius 1 is 0.105 bits per heavy atom. The fourth-order valence-electron chi connectivity index (χ4n) is 19.5. The van der Waals surface area contributed by atoms with Gasteiger partial charge in [-0.05, 0) is 302 Å². The van der Waals surface area contributed by atoms with Gasteiger partial charge in [-0.3, -0.25) is 0 Å². The minimum absolute atomic E-state index is 1.11. The van der Waals surface area contributed by atoms with Crippen LogP contribution in [-0.4, -0.2) is 21.1 Å². The Hall–Kier alpha value is -18.6. The van der Waals surface area contributed by atoms with E-state index in [-0.39, 0.29) is 0 Å². The molecule has 24 aromatic carbocycles. The van der Waals surface area contributed by atoms with E-state index in [1.807, 2.05) is 0 Å². The van der Waals surface area contributed by atoms with Crippen LogP contribution in [0.15, 0.2) is 576 Å². The average Bonchev–Trinajstić information content (AvgIpc) is 0.793. The molecule has 0 fully saturated rings. The van der Waals surface area contributed by atoms with Crippen LogP contribution in [0, 0.1) is 0 Å². The van der Waals surface area contributed by atoms with Gasteiger partial charge >= 0.3 is 0 Å². The van der Waals surface area contributed by atoms with Crippen LogP contribution in [0.2, 0.25) is 0 Å². The van der Waals surface area contributed by atoms with Crippen molar-refractivity contribution in [1.29, 1.82) is 0 Å². The van der Waals surface area contributed by atoms with Crippen LogP contribution in [0.4, 0.5) is 85.3 Å². The smallest absolute Gasteiger partial charge is 0.0487 e. The highest BCUT2D eigenvalue weighted by atomic mass is 15.2. The van der Waals surface area contributed by atoms with E-state index in [1.165, 1.54) is 143 Å². The molecule has 0 amide bonds. The lowest BCUT2D eigenvalue weighted by Gasteiger charge is -2.26. The van der Waals surface area contributed by atoms with Gasteiger partial charge in [0.15, 0.2) is 0 Å². The van der Waals surface area contributed by atoms with Gasteiger partial charge in [0.1, 0.15) is 0 Å². The molecule has 0 N–H and O–H groups in total. The number of hydrogen-bond acceptors (Lipinski definition) is 6. The largest absolute Gasteiger partial charge is 0.345 e. The Kier molecular flexibility index (Phi) is 25.9. The van der Waals surface area contributed by atoms with Gasteiger partial charge in [-0.25, -0.2) is 0 Å². The van der Waals surface area contributed by atoms with Gasteiger partial charge in [0, 0.05) is 112 Å². The van der Waals surface area contributed by atoms with Crippen molar-refractivity contribution in [2.75, 3.05) is 50.5 Å². The monoisotopic (exact) mass is 1830 g/mol. The molecule has 0 aliphatic carbocycles. The van der Waals surface area contributed by atoms with Crippen molar-refractivity contribution in [3.63, 3.8) is 0 Å². The summed E-state index contributed by atoms with van der Waals surface area (Å²) in [6, 6.07) is 207. The average molecular weight is 1830 g/mol. The molecule has 0 aliphatic rings. The third-order valence-corrected chi connectivity index (χ3v) is 27.4. The van der Waals surface area contributed by atoms with E-state index >= 15 is 0 Å². The van der Waals surface area contributed by atoms with Crippen LogP contribution in [0.3, 0.4) is 0 Å². The lowest BCUT2D eigenvalue weighted by molar-refractivity contribution is 1.21. The summed E-state index contributed by atoms with van der Waals surface area (Å²) < 4.78 is 0. The summed E-state index contributed by atoms with van der Waals surface area (Å²) >= 11 is 0. The van der Waals surface area contributed by atoms with Crippen LogP contribution in [0.5, 0.6) is 0 Å². The van der Waals surface area contributed by atoms with E-state index in [2.05, 4.69) is 627 Å². The van der Waals surface area contributed by atoms with Crippen LogP contribution in [0.1, 0.15) is 0 Å². The molecule has 0 spiro atoms. The highest BCUT2D eigenvalue weighted by Gasteiger charge is 2.21.